The summed E-state index contributed by atoms with van der Waals surface area (Å²) < 4.78 is 0. The summed E-state index contributed by atoms with van der Waals surface area (Å²) in [4.78, 5) is 1.76. The normalized spacial score (nSPS) is 33.1. The average molecular weight is 125 g/mol. The highest BCUT2D eigenvalue weighted by Gasteiger charge is 2.34. The second kappa shape index (κ2) is 1.53. The highest BCUT2D eigenvalue weighted by molar-refractivity contribution is 5.27. The fraction of sp³-hybridized carbons (Fsp3) is 0.429. The number of nitrogens with zero attached hydrogens (tertiary/aromatic N) is 1. The molecule has 0 aromatic rings. The maximum absolute atomic E-state index is 8.92. The van der Waals surface area contributed by atoms with Crippen LogP contribution in [-0.4, -0.2) is 22.6 Å². The van der Waals surface area contributed by atoms with E-state index in [0.29, 0.717) is 5.88 Å². The quantitative estimate of drug-likeness (QED) is 0.533. The van der Waals surface area contributed by atoms with Crippen molar-refractivity contribution in [2.24, 2.45) is 0 Å². The number of hydrogen-bond acceptors (Lipinski definition) is 2. The Labute approximate surface area is 55.1 Å². The zero-order valence-electron chi connectivity index (χ0n) is 5.76. The van der Waals surface area contributed by atoms with Gasteiger partial charge in [0.05, 0.1) is 5.54 Å². The van der Waals surface area contributed by atoms with E-state index in [-0.39, 0.29) is 5.54 Å². The van der Waals surface area contributed by atoms with Crippen LogP contribution >= 0.6 is 0 Å². The molecule has 1 N–H and O–H groups in total. The molecule has 0 aromatic carbocycles. The molecular weight excluding hydrogens is 114 g/mol. The van der Waals surface area contributed by atoms with Crippen LogP contribution in [0.25, 0.3) is 0 Å². The van der Waals surface area contributed by atoms with E-state index in [0.717, 1.165) is 0 Å². The Balaban J connectivity index is 2.81. The highest BCUT2D eigenvalue weighted by atomic mass is 16.3. The van der Waals surface area contributed by atoms with Crippen molar-refractivity contribution < 1.29 is 5.11 Å². The zero-order chi connectivity index (χ0) is 7.07. The summed E-state index contributed by atoms with van der Waals surface area (Å²) in [6.45, 7) is 5.63. The van der Waals surface area contributed by atoms with E-state index in [2.05, 4.69) is 6.58 Å². The van der Waals surface area contributed by atoms with E-state index in [1.54, 1.807) is 17.1 Å². The van der Waals surface area contributed by atoms with E-state index >= 15 is 0 Å². The predicted octanol–water partition coefficient (Wildman–Crippen LogP) is 1.28. The molecule has 0 saturated heterocycles. The lowest BCUT2D eigenvalue weighted by atomic mass is 9.94. The van der Waals surface area contributed by atoms with E-state index in [1.165, 1.54) is 0 Å². The molecule has 0 amide bonds. The Bertz CT molecular complexity index is 174. The molecule has 0 fully saturated rings. The SMILES string of the molecule is C=CC1(C)C=C(O)N1C. The van der Waals surface area contributed by atoms with E-state index < -0.39 is 0 Å². The first-order valence-electron chi connectivity index (χ1n) is 2.89. The van der Waals surface area contributed by atoms with Crippen molar-refractivity contribution in [3.8, 4) is 0 Å². The summed E-state index contributed by atoms with van der Waals surface area (Å²) in [6.07, 6.45) is 3.56. The van der Waals surface area contributed by atoms with Gasteiger partial charge in [0.25, 0.3) is 0 Å². The highest BCUT2D eigenvalue weighted by Crippen LogP contribution is 2.29. The molecule has 9 heavy (non-hydrogen) atoms. The minimum Gasteiger partial charge on any atom is -0.495 e. The summed E-state index contributed by atoms with van der Waals surface area (Å²) in [5.41, 5.74) is -0.121. The van der Waals surface area contributed by atoms with Crippen LogP contribution in [0.1, 0.15) is 6.92 Å². The molecule has 1 heterocycles. The monoisotopic (exact) mass is 125 g/mol. The number of aliphatic hydroxyl groups is 1. The second-order valence-corrected chi connectivity index (χ2v) is 2.49. The molecule has 1 rings (SSSR count). The van der Waals surface area contributed by atoms with Crippen LogP contribution in [0, 0.1) is 0 Å². The fourth-order valence-electron chi connectivity index (χ4n) is 0.832. The topological polar surface area (TPSA) is 23.5 Å². The van der Waals surface area contributed by atoms with Gasteiger partial charge in [-0.1, -0.05) is 6.08 Å². The Morgan fingerprint density at radius 2 is 2.44 bits per heavy atom. The molecule has 0 aromatic heterocycles. The summed E-state index contributed by atoms with van der Waals surface area (Å²) in [7, 11) is 1.83. The zero-order valence-corrected chi connectivity index (χ0v) is 5.76. The number of rotatable bonds is 1. The van der Waals surface area contributed by atoms with Gasteiger partial charge in [0.15, 0.2) is 5.88 Å². The van der Waals surface area contributed by atoms with Crippen LogP contribution in [0.4, 0.5) is 0 Å². The molecule has 2 nitrogen and oxygen atoms in total. The summed E-state index contributed by atoms with van der Waals surface area (Å²) in [5, 5.41) is 8.92. The lowest BCUT2D eigenvalue weighted by Crippen LogP contribution is -2.47. The van der Waals surface area contributed by atoms with Crippen molar-refractivity contribution in [1.82, 2.24) is 4.90 Å². The van der Waals surface area contributed by atoms with Gasteiger partial charge >= 0.3 is 0 Å². The smallest absolute Gasteiger partial charge is 0.186 e. The third-order valence-electron chi connectivity index (χ3n) is 1.90. The van der Waals surface area contributed by atoms with E-state index in [1.807, 2.05) is 14.0 Å². The first-order valence-corrected chi connectivity index (χ1v) is 2.89. The fourth-order valence-corrected chi connectivity index (χ4v) is 0.832. The van der Waals surface area contributed by atoms with Gasteiger partial charge in [0, 0.05) is 13.1 Å². The van der Waals surface area contributed by atoms with E-state index in [9.17, 15) is 0 Å². The maximum atomic E-state index is 8.92. The predicted molar refractivity (Wildman–Crippen MR) is 37.1 cm³/mol. The van der Waals surface area contributed by atoms with Gasteiger partial charge in [0.1, 0.15) is 0 Å². The van der Waals surface area contributed by atoms with Crippen LogP contribution in [0.3, 0.4) is 0 Å². The van der Waals surface area contributed by atoms with Gasteiger partial charge in [-0.2, -0.15) is 0 Å². The third kappa shape index (κ3) is 0.626. The number of hydrogen-bond donors (Lipinski definition) is 1. The molecule has 1 atom stereocenters. The first kappa shape index (κ1) is 6.20. The molecule has 0 aliphatic carbocycles. The molecule has 0 bridgehead atoms. The molecular formula is C7H11NO. The molecule has 0 spiro atoms. The first-order chi connectivity index (χ1) is 4.10. The Kier molecular flexibility index (Phi) is 1.05. The molecule has 50 valence electrons. The minimum atomic E-state index is -0.121. The summed E-state index contributed by atoms with van der Waals surface area (Å²) in [5.74, 6) is 0.331. The number of aliphatic hydroxyl groups excluding tert-OH is 1. The molecule has 1 aliphatic heterocycles. The molecule has 0 saturated carbocycles. The molecule has 1 aliphatic rings. The Hall–Kier alpha value is -0.920. The van der Waals surface area contributed by atoms with Gasteiger partial charge < -0.3 is 10.0 Å². The second-order valence-electron chi connectivity index (χ2n) is 2.49. The van der Waals surface area contributed by atoms with Gasteiger partial charge in [-0.3, -0.25) is 0 Å². The molecule has 2 heteroatoms. The Morgan fingerprint density at radius 1 is 1.89 bits per heavy atom. The lowest BCUT2D eigenvalue weighted by Gasteiger charge is -2.42. The standard InChI is InChI=1S/C7H11NO/c1-4-7(2)5-6(9)8(7)3/h4-5,9H,1H2,2-3H3. The van der Waals surface area contributed by atoms with Crippen molar-refractivity contribution in [3.05, 3.63) is 24.6 Å². The van der Waals surface area contributed by atoms with Gasteiger partial charge in [-0.15, -0.1) is 6.58 Å². The summed E-state index contributed by atoms with van der Waals surface area (Å²) >= 11 is 0. The van der Waals surface area contributed by atoms with Crippen molar-refractivity contribution >= 4 is 0 Å². The number of likely N-dealkylation sites (N-methyl/N-ethyl adjacent to an activating group) is 1. The van der Waals surface area contributed by atoms with Crippen LogP contribution in [0.2, 0.25) is 0 Å². The van der Waals surface area contributed by atoms with Gasteiger partial charge in [0.2, 0.25) is 0 Å². The van der Waals surface area contributed by atoms with Crippen molar-refractivity contribution in [1.29, 1.82) is 0 Å². The maximum Gasteiger partial charge on any atom is 0.186 e. The third-order valence-corrected chi connectivity index (χ3v) is 1.90. The minimum absolute atomic E-state index is 0.121. The lowest BCUT2D eigenvalue weighted by molar-refractivity contribution is 0.121. The van der Waals surface area contributed by atoms with Crippen LogP contribution in [-0.2, 0) is 0 Å². The van der Waals surface area contributed by atoms with E-state index in [4.69, 9.17) is 5.11 Å². The van der Waals surface area contributed by atoms with Crippen molar-refractivity contribution in [2.75, 3.05) is 7.05 Å². The molecule has 1 unspecified atom stereocenters. The van der Waals surface area contributed by atoms with Crippen molar-refractivity contribution in [3.63, 3.8) is 0 Å². The van der Waals surface area contributed by atoms with Crippen LogP contribution in [0.15, 0.2) is 24.6 Å². The largest absolute Gasteiger partial charge is 0.495 e. The van der Waals surface area contributed by atoms with Crippen molar-refractivity contribution in [2.45, 2.75) is 12.5 Å². The summed E-state index contributed by atoms with van der Waals surface area (Å²) in [6, 6.07) is 0. The molecule has 0 radical (unpaired) electrons. The van der Waals surface area contributed by atoms with Crippen LogP contribution in [0.5, 0.6) is 0 Å². The van der Waals surface area contributed by atoms with Crippen LogP contribution < -0.4 is 0 Å². The van der Waals surface area contributed by atoms with Gasteiger partial charge in [-0.05, 0) is 6.92 Å². The Morgan fingerprint density at radius 3 is 2.56 bits per heavy atom. The average Bonchev–Trinajstić information content (AvgIpc) is 1.87. The van der Waals surface area contributed by atoms with Gasteiger partial charge in [-0.25, -0.2) is 0 Å².